The fourth-order valence-corrected chi connectivity index (χ4v) is 5.15. The summed E-state index contributed by atoms with van der Waals surface area (Å²) in [6, 6.07) is 0. The van der Waals surface area contributed by atoms with Crippen molar-refractivity contribution in [1.29, 1.82) is 0 Å². The van der Waals surface area contributed by atoms with Crippen LogP contribution in [0, 0.1) is 0 Å². The van der Waals surface area contributed by atoms with Crippen LogP contribution in [0.3, 0.4) is 0 Å². The standard InChI is InChI=1S/C21H40O16P2/c1-3-5-7-9-14(22)33-11-13(35-15(23)10-8-6-4-2)12-34-39(31,32)37-21-18(26)16(24)17(25)20(19(21)27)36-38(28,29)30/h13,16-21,24-27H,3-12H2,1-2H3,(H,31,32)(H2,28,29,30)/t13-,16+,17-,18+,19-,20-,21+/m0/s1. The van der Waals surface area contributed by atoms with Crippen molar-refractivity contribution < 1.29 is 76.9 Å². The minimum atomic E-state index is -5.33. The second-order valence-electron chi connectivity index (χ2n) is 9.07. The number of hydrogen-bond acceptors (Lipinski definition) is 13. The number of ether oxygens (including phenoxy) is 2. The van der Waals surface area contributed by atoms with E-state index >= 15 is 0 Å². The van der Waals surface area contributed by atoms with Gasteiger partial charge in [0, 0.05) is 12.8 Å². The normalized spacial score (nSPS) is 27.9. The number of esters is 2. The van der Waals surface area contributed by atoms with Crippen molar-refractivity contribution in [1.82, 2.24) is 0 Å². The van der Waals surface area contributed by atoms with Gasteiger partial charge in [-0.3, -0.25) is 23.2 Å². The summed E-state index contributed by atoms with van der Waals surface area (Å²) in [7, 11) is -10.6. The molecule has 1 unspecified atom stereocenters. The van der Waals surface area contributed by atoms with Crippen LogP contribution in [0.4, 0.5) is 0 Å². The predicted molar refractivity (Wildman–Crippen MR) is 131 cm³/mol. The van der Waals surface area contributed by atoms with Crippen LogP contribution in [-0.2, 0) is 41.8 Å². The van der Waals surface area contributed by atoms with E-state index in [1.807, 2.05) is 13.8 Å². The molecule has 0 aliphatic heterocycles. The molecule has 1 rings (SSSR count). The molecule has 7 N–H and O–H groups in total. The van der Waals surface area contributed by atoms with E-state index in [-0.39, 0.29) is 12.8 Å². The predicted octanol–water partition coefficient (Wildman–Crippen LogP) is 0.0393. The van der Waals surface area contributed by atoms with Crippen LogP contribution in [0.1, 0.15) is 65.2 Å². The first-order chi connectivity index (χ1) is 18.1. The molecule has 0 radical (unpaired) electrons. The minimum absolute atomic E-state index is 0.0315. The zero-order valence-electron chi connectivity index (χ0n) is 21.8. The van der Waals surface area contributed by atoms with Gasteiger partial charge in [0.15, 0.2) is 6.10 Å². The molecule has 0 spiro atoms. The quantitative estimate of drug-likeness (QED) is 0.0614. The maximum absolute atomic E-state index is 12.6. The number of carbonyl (C=O) groups excluding carboxylic acids is 2. The summed E-state index contributed by atoms with van der Waals surface area (Å²) >= 11 is 0. The molecule has 230 valence electrons. The van der Waals surface area contributed by atoms with E-state index < -0.39 is 83.5 Å². The maximum Gasteiger partial charge on any atom is 0.472 e. The average Bonchev–Trinajstić information content (AvgIpc) is 2.85. The number of phosphoric ester groups is 2. The molecule has 0 heterocycles. The molecule has 16 nitrogen and oxygen atoms in total. The Hall–Kier alpha value is -1.00. The Morgan fingerprint density at radius 2 is 1.23 bits per heavy atom. The van der Waals surface area contributed by atoms with Crippen molar-refractivity contribution in [2.24, 2.45) is 0 Å². The zero-order chi connectivity index (χ0) is 29.8. The lowest BCUT2D eigenvalue weighted by molar-refractivity contribution is -0.216. The van der Waals surface area contributed by atoms with Crippen LogP contribution in [0.5, 0.6) is 0 Å². The molecule has 0 amide bonds. The topological polar surface area (TPSA) is 256 Å². The number of unbranched alkanes of at least 4 members (excludes halogenated alkanes) is 4. The van der Waals surface area contributed by atoms with Gasteiger partial charge in [-0.2, -0.15) is 0 Å². The van der Waals surface area contributed by atoms with Gasteiger partial charge in [-0.25, -0.2) is 9.13 Å². The first-order valence-electron chi connectivity index (χ1n) is 12.6. The number of hydrogen-bond donors (Lipinski definition) is 7. The Labute approximate surface area is 226 Å². The highest BCUT2D eigenvalue weighted by molar-refractivity contribution is 7.47. The van der Waals surface area contributed by atoms with E-state index in [1.54, 1.807) is 0 Å². The van der Waals surface area contributed by atoms with Gasteiger partial charge in [0.25, 0.3) is 0 Å². The summed E-state index contributed by atoms with van der Waals surface area (Å²) in [5.41, 5.74) is 0. The van der Waals surface area contributed by atoms with E-state index in [2.05, 4.69) is 4.52 Å². The van der Waals surface area contributed by atoms with Gasteiger partial charge >= 0.3 is 27.6 Å². The number of carbonyl (C=O) groups is 2. The monoisotopic (exact) mass is 610 g/mol. The molecule has 39 heavy (non-hydrogen) atoms. The average molecular weight is 610 g/mol. The van der Waals surface area contributed by atoms with Crippen LogP contribution in [-0.4, -0.2) is 103 Å². The molecular weight excluding hydrogens is 570 g/mol. The third-order valence-electron chi connectivity index (χ3n) is 5.68. The van der Waals surface area contributed by atoms with E-state index in [0.29, 0.717) is 12.8 Å². The first kappa shape index (κ1) is 36.0. The highest BCUT2D eigenvalue weighted by atomic mass is 31.2. The summed E-state index contributed by atoms with van der Waals surface area (Å²) in [5.74, 6) is -1.27. The Bertz CT molecular complexity index is 850. The lowest BCUT2D eigenvalue weighted by Crippen LogP contribution is -2.64. The molecule has 0 saturated heterocycles. The van der Waals surface area contributed by atoms with Crippen molar-refractivity contribution in [2.45, 2.75) is 108 Å². The van der Waals surface area contributed by atoms with Crippen LogP contribution < -0.4 is 0 Å². The molecule has 0 bridgehead atoms. The van der Waals surface area contributed by atoms with Gasteiger partial charge < -0.3 is 44.6 Å². The molecule has 0 aromatic rings. The van der Waals surface area contributed by atoms with Crippen LogP contribution in [0.25, 0.3) is 0 Å². The second kappa shape index (κ2) is 17.1. The van der Waals surface area contributed by atoms with Gasteiger partial charge in [0.2, 0.25) is 0 Å². The minimum Gasteiger partial charge on any atom is -0.462 e. The SMILES string of the molecule is CCCCCC(=O)OC[C@@H](COP(=O)(O)O[C@H]1[C@@H](O)[C@@H](OP(=O)(O)O)[C@@H](O)[C@@H](O)[C@H]1O)OC(=O)CCCCC. The van der Waals surface area contributed by atoms with Crippen molar-refractivity contribution in [3.8, 4) is 0 Å². The molecule has 1 saturated carbocycles. The summed E-state index contributed by atoms with van der Waals surface area (Å²) < 4.78 is 47.8. The largest absolute Gasteiger partial charge is 0.472 e. The van der Waals surface area contributed by atoms with Crippen molar-refractivity contribution in [3.63, 3.8) is 0 Å². The van der Waals surface area contributed by atoms with E-state index in [1.165, 1.54) is 0 Å². The van der Waals surface area contributed by atoms with Crippen molar-refractivity contribution in [3.05, 3.63) is 0 Å². The Morgan fingerprint density at radius 3 is 1.74 bits per heavy atom. The highest BCUT2D eigenvalue weighted by Crippen LogP contribution is 2.48. The molecule has 18 heteroatoms. The van der Waals surface area contributed by atoms with Gasteiger partial charge in [-0.05, 0) is 12.8 Å². The summed E-state index contributed by atoms with van der Waals surface area (Å²) in [6.45, 7) is 2.54. The zero-order valence-corrected chi connectivity index (χ0v) is 23.6. The third kappa shape index (κ3) is 13.5. The number of phosphoric acid groups is 2. The maximum atomic E-state index is 12.6. The molecule has 1 fully saturated rings. The second-order valence-corrected chi connectivity index (χ2v) is 11.7. The summed E-state index contributed by atoms with van der Waals surface area (Å²) in [5, 5.41) is 40.3. The molecular formula is C21H40O16P2. The highest BCUT2D eigenvalue weighted by Gasteiger charge is 2.54. The Balaban J connectivity index is 2.88. The fraction of sp³-hybridized carbons (Fsp3) is 0.905. The summed E-state index contributed by atoms with van der Waals surface area (Å²) in [4.78, 5) is 52.2. The molecule has 1 aliphatic rings. The fourth-order valence-electron chi connectivity index (χ4n) is 3.61. The van der Waals surface area contributed by atoms with Crippen LogP contribution >= 0.6 is 15.6 Å². The first-order valence-corrected chi connectivity index (χ1v) is 15.6. The summed E-state index contributed by atoms with van der Waals surface area (Å²) in [6.07, 6.45) is -10.2. The van der Waals surface area contributed by atoms with E-state index in [4.69, 9.17) is 28.3 Å². The lowest BCUT2D eigenvalue weighted by Gasteiger charge is -2.43. The smallest absolute Gasteiger partial charge is 0.462 e. The number of rotatable bonds is 18. The number of aliphatic hydroxyl groups is 4. The van der Waals surface area contributed by atoms with Gasteiger partial charge in [-0.1, -0.05) is 39.5 Å². The Kier molecular flexibility index (Phi) is 15.8. The van der Waals surface area contributed by atoms with Gasteiger partial charge in [-0.15, -0.1) is 0 Å². The van der Waals surface area contributed by atoms with Crippen molar-refractivity contribution >= 4 is 27.6 Å². The van der Waals surface area contributed by atoms with Gasteiger partial charge in [0.1, 0.15) is 43.2 Å². The molecule has 0 aromatic heterocycles. The number of aliphatic hydroxyl groups excluding tert-OH is 4. The van der Waals surface area contributed by atoms with Crippen LogP contribution in [0.15, 0.2) is 0 Å². The van der Waals surface area contributed by atoms with E-state index in [9.17, 15) is 44.0 Å². The third-order valence-corrected chi connectivity index (χ3v) is 7.18. The van der Waals surface area contributed by atoms with Crippen molar-refractivity contribution in [2.75, 3.05) is 13.2 Å². The van der Waals surface area contributed by atoms with Gasteiger partial charge in [0.05, 0.1) is 6.61 Å². The molecule has 1 aliphatic carbocycles. The Morgan fingerprint density at radius 1 is 0.718 bits per heavy atom. The molecule has 8 atom stereocenters. The van der Waals surface area contributed by atoms with Crippen LogP contribution in [0.2, 0.25) is 0 Å². The lowest BCUT2D eigenvalue weighted by atomic mass is 9.85. The van der Waals surface area contributed by atoms with E-state index in [0.717, 1.165) is 25.7 Å². The molecule has 0 aromatic carbocycles.